The van der Waals surface area contributed by atoms with E-state index in [4.69, 9.17) is 21.6 Å². The molecule has 2 amide bonds. The highest BCUT2D eigenvalue weighted by Crippen LogP contribution is 2.63. The number of hydrazine groups is 1. The minimum atomic E-state index is -0.451. The van der Waals surface area contributed by atoms with Gasteiger partial charge in [-0.1, -0.05) is 0 Å². The van der Waals surface area contributed by atoms with Gasteiger partial charge in [0.1, 0.15) is 5.75 Å². The molecule has 27 heavy (non-hydrogen) atoms. The topological polar surface area (TPSA) is 91.2 Å². The number of ether oxygens (including phenoxy) is 1. The van der Waals surface area contributed by atoms with Gasteiger partial charge in [0.25, 0.3) is 5.91 Å². The summed E-state index contributed by atoms with van der Waals surface area (Å²) >= 11 is 6.76. The third-order valence-corrected chi connectivity index (χ3v) is 6.58. The molecular formula is C20H22ClN3O3. The molecule has 142 valence electrons. The van der Waals surface area contributed by atoms with Crippen LogP contribution in [0.3, 0.4) is 0 Å². The maximum absolute atomic E-state index is 12.8. The normalized spacial score (nSPS) is 33.2. The second-order valence-corrected chi connectivity index (χ2v) is 9.12. The maximum Gasteiger partial charge on any atom is 0.276 e. The van der Waals surface area contributed by atoms with Gasteiger partial charge in [-0.2, -0.15) is 5.26 Å². The zero-order valence-electron chi connectivity index (χ0n) is 15.0. The number of nitriles is 1. The summed E-state index contributed by atoms with van der Waals surface area (Å²) in [7, 11) is 0. The van der Waals surface area contributed by atoms with E-state index >= 15 is 0 Å². The predicted molar refractivity (Wildman–Crippen MR) is 98.6 cm³/mol. The molecule has 4 bridgehead atoms. The second kappa shape index (κ2) is 6.72. The van der Waals surface area contributed by atoms with Crippen LogP contribution in [0, 0.1) is 28.6 Å². The molecule has 0 radical (unpaired) electrons. The Hall–Kier alpha value is -2.26. The summed E-state index contributed by atoms with van der Waals surface area (Å²) in [4.78, 5) is 24.6. The lowest BCUT2D eigenvalue weighted by Crippen LogP contribution is -2.60. The summed E-state index contributed by atoms with van der Waals surface area (Å²) in [6, 6.07) is 8.50. The van der Waals surface area contributed by atoms with Crippen molar-refractivity contribution in [3.05, 3.63) is 29.8 Å². The first kappa shape index (κ1) is 18.1. The fourth-order valence-electron chi connectivity index (χ4n) is 5.49. The van der Waals surface area contributed by atoms with Gasteiger partial charge < -0.3 is 4.74 Å². The Morgan fingerprint density at radius 2 is 1.81 bits per heavy atom. The van der Waals surface area contributed by atoms with E-state index in [-0.39, 0.29) is 17.4 Å². The molecular weight excluding hydrogens is 366 g/mol. The molecule has 4 aliphatic rings. The highest BCUT2D eigenvalue weighted by atomic mass is 35.5. The highest BCUT2D eigenvalue weighted by molar-refractivity contribution is 6.24. The molecule has 1 aromatic carbocycles. The molecule has 4 saturated carbocycles. The number of hydrogen-bond donors (Lipinski definition) is 2. The van der Waals surface area contributed by atoms with Gasteiger partial charge in [-0.05, 0) is 74.6 Å². The minimum Gasteiger partial charge on any atom is -0.484 e. The van der Waals surface area contributed by atoms with E-state index in [9.17, 15) is 9.59 Å². The van der Waals surface area contributed by atoms with Crippen LogP contribution in [0.15, 0.2) is 24.3 Å². The molecule has 4 atom stereocenters. The number of amides is 2. The summed E-state index contributed by atoms with van der Waals surface area (Å²) in [5.41, 5.74) is 5.11. The van der Waals surface area contributed by atoms with E-state index in [1.165, 1.54) is 6.42 Å². The number of rotatable bonds is 4. The van der Waals surface area contributed by atoms with Crippen molar-refractivity contribution in [2.75, 3.05) is 6.61 Å². The van der Waals surface area contributed by atoms with Crippen LogP contribution in [0.5, 0.6) is 5.75 Å². The number of carbonyl (C=O) groups is 2. The van der Waals surface area contributed by atoms with Crippen molar-refractivity contribution >= 4 is 23.4 Å². The number of nitrogens with zero attached hydrogens (tertiary/aromatic N) is 1. The standard InChI is InChI=1S/C20H22ClN3O3/c21-20-8-14-5-15(9-20)7-19(6-14,12-20)18(26)24-23-17(25)11-27-16-3-1-13(10-22)2-4-16/h1-4,14-15H,5-9,11-12H2,(H,23,25)(H,24,26)/t14-,15+,19?,20?. The van der Waals surface area contributed by atoms with Crippen LogP contribution in [-0.4, -0.2) is 23.3 Å². The zero-order chi connectivity index (χ0) is 19.1. The number of hydrogen-bond acceptors (Lipinski definition) is 4. The van der Waals surface area contributed by atoms with Crippen molar-refractivity contribution in [1.82, 2.24) is 10.9 Å². The van der Waals surface area contributed by atoms with Gasteiger partial charge in [0.05, 0.1) is 17.0 Å². The minimum absolute atomic E-state index is 0.131. The number of halogens is 1. The lowest BCUT2D eigenvalue weighted by Gasteiger charge is -2.59. The summed E-state index contributed by atoms with van der Waals surface area (Å²) in [6.45, 7) is -0.218. The monoisotopic (exact) mass is 387 g/mol. The van der Waals surface area contributed by atoms with Gasteiger partial charge in [0.2, 0.25) is 5.91 Å². The molecule has 7 heteroatoms. The molecule has 0 aliphatic heterocycles. The number of benzene rings is 1. The Balaban J connectivity index is 1.29. The predicted octanol–water partition coefficient (Wildman–Crippen LogP) is 2.66. The first-order chi connectivity index (χ1) is 12.9. The van der Waals surface area contributed by atoms with Gasteiger partial charge >= 0.3 is 0 Å². The smallest absolute Gasteiger partial charge is 0.276 e. The lowest BCUT2D eigenvalue weighted by molar-refractivity contribution is -0.147. The average Bonchev–Trinajstić information content (AvgIpc) is 2.62. The van der Waals surface area contributed by atoms with Crippen molar-refractivity contribution < 1.29 is 14.3 Å². The highest BCUT2D eigenvalue weighted by Gasteiger charge is 2.60. The van der Waals surface area contributed by atoms with Crippen molar-refractivity contribution in [2.45, 2.75) is 43.4 Å². The van der Waals surface area contributed by atoms with Gasteiger partial charge in [-0.15, -0.1) is 11.6 Å². The zero-order valence-corrected chi connectivity index (χ0v) is 15.7. The van der Waals surface area contributed by atoms with Crippen LogP contribution in [0.4, 0.5) is 0 Å². The summed E-state index contributed by atoms with van der Waals surface area (Å²) in [5, 5.41) is 8.77. The first-order valence-electron chi connectivity index (χ1n) is 9.31. The van der Waals surface area contributed by atoms with Crippen LogP contribution in [-0.2, 0) is 9.59 Å². The van der Waals surface area contributed by atoms with Gasteiger partial charge in [-0.3, -0.25) is 20.4 Å². The van der Waals surface area contributed by atoms with Gasteiger partial charge in [-0.25, -0.2) is 0 Å². The molecule has 6 nitrogen and oxygen atoms in total. The fourth-order valence-corrected chi connectivity index (χ4v) is 6.18. The Bertz CT molecular complexity index is 788. The van der Waals surface area contributed by atoms with E-state index in [1.54, 1.807) is 24.3 Å². The largest absolute Gasteiger partial charge is 0.484 e. The molecule has 1 aromatic rings. The van der Waals surface area contributed by atoms with Crippen LogP contribution < -0.4 is 15.6 Å². The Labute approximate surface area is 163 Å². The SMILES string of the molecule is N#Cc1ccc(OCC(=O)NNC(=O)C23C[C@@H]4C[C@@H](CC(Cl)(C4)C2)C3)cc1. The van der Waals surface area contributed by atoms with Crippen LogP contribution in [0.2, 0.25) is 0 Å². The molecule has 0 spiro atoms. The molecule has 0 aromatic heterocycles. The average molecular weight is 388 g/mol. The number of carbonyl (C=O) groups excluding carboxylic acids is 2. The second-order valence-electron chi connectivity index (χ2n) is 8.32. The van der Waals surface area contributed by atoms with E-state index in [2.05, 4.69) is 10.9 Å². The van der Waals surface area contributed by atoms with Gasteiger partial charge in [0, 0.05) is 4.87 Å². The van der Waals surface area contributed by atoms with Crippen LogP contribution >= 0.6 is 11.6 Å². The lowest BCUT2D eigenvalue weighted by atomic mass is 9.49. The first-order valence-corrected chi connectivity index (χ1v) is 9.69. The molecule has 0 saturated heterocycles. The summed E-state index contributed by atoms with van der Waals surface area (Å²) in [5.74, 6) is 0.960. The third-order valence-electron chi connectivity index (χ3n) is 6.14. The van der Waals surface area contributed by atoms with E-state index in [1.807, 2.05) is 6.07 Å². The van der Waals surface area contributed by atoms with Crippen molar-refractivity contribution in [3.8, 4) is 11.8 Å². The Morgan fingerprint density at radius 1 is 1.15 bits per heavy atom. The molecule has 2 N–H and O–H groups in total. The third kappa shape index (κ3) is 3.61. The number of nitrogens with one attached hydrogen (secondary N) is 2. The molecule has 0 heterocycles. The maximum atomic E-state index is 12.8. The Kier molecular flexibility index (Phi) is 4.51. The van der Waals surface area contributed by atoms with E-state index in [0.29, 0.717) is 29.6 Å². The molecule has 5 rings (SSSR count). The van der Waals surface area contributed by atoms with Crippen molar-refractivity contribution in [3.63, 3.8) is 0 Å². The molecule has 4 fully saturated rings. The van der Waals surface area contributed by atoms with E-state index in [0.717, 1.165) is 25.7 Å². The molecule has 2 unspecified atom stereocenters. The van der Waals surface area contributed by atoms with E-state index < -0.39 is 11.3 Å². The molecule has 4 aliphatic carbocycles. The van der Waals surface area contributed by atoms with Crippen LogP contribution in [0.25, 0.3) is 0 Å². The van der Waals surface area contributed by atoms with Crippen LogP contribution in [0.1, 0.15) is 44.1 Å². The summed E-state index contributed by atoms with van der Waals surface area (Å²) in [6.07, 6.45) is 5.60. The summed E-state index contributed by atoms with van der Waals surface area (Å²) < 4.78 is 5.37. The quantitative estimate of drug-likeness (QED) is 0.613. The Morgan fingerprint density at radius 3 is 2.41 bits per heavy atom. The fraction of sp³-hybridized carbons (Fsp3) is 0.550. The number of alkyl halides is 1. The van der Waals surface area contributed by atoms with Crippen molar-refractivity contribution in [1.29, 1.82) is 5.26 Å². The van der Waals surface area contributed by atoms with Crippen molar-refractivity contribution in [2.24, 2.45) is 17.3 Å². The van der Waals surface area contributed by atoms with Gasteiger partial charge in [0.15, 0.2) is 6.61 Å².